The van der Waals surface area contributed by atoms with Gasteiger partial charge in [0.05, 0.1) is 5.92 Å². The third kappa shape index (κ3) is 6.40. The van der Waals surface area contributed by atoms with Crippen LogP contribution in [0, 0.1) is 17.3 Å². The van der Waals surface area contributed by atoms with Crippen LogP contribution in [0.1, 0.15) is 67.7 Å². The number of amides is 2. The van der Waals surface area contributed by atoms with Gasteiger partial charge >= 0.3 is 0 Å². The molecular weight excluding hydrogens is 252 g/mol. The first-order valence-electron chi connectivity index (χ1n) is 7.51. The molecule has 3 N–H and O–H groups in total. The summed E-state index contributed by atoms with van der Waals surface area (Å²) < 4.78 is 0. The predicted octanol–water partition coefficient (Wildman–Crippen LogP) is 2.86. The largest absolute Gasteiger partial charge is 0.369 e. The summed E-state index contributed by atoms with van der Waals surface area (Å²) in [7, 11) is 0. The van der Waals surface area contributed by atoms with Gasteiger partial charge in [0.15, 0.2) is 0 Å². The molecule has 0 bridgehead atoms. The molecular formula is C16H32N2O2. The second kappa shape index (κ2) is 7.09. The average Bonchev–Trinajstić information content (AvgIpc) is 2.18. The van der Waals surface area contributed by atoms with Crippen LogP contribution in [0.3, 0.4) is 0 Å². The molecule has 4 nitrogen and oxygen atoms in total. The lowest BCUT2D eigenvalue weighted by Crippen LogP contribution is -2.51. The minimum atomic E-state index is -0.405. The van der Waals surface area contributed by atoms with E-state index in [2.05, 4.69) is 12.2 Å². The molecule has 0 radical (unpaired) electrons. The van der Waals surface area contributed by atoms with Crippen LogP contribution in [0.5, 0.6) is 0 Å². The van der Waals surface area contributed by atoms with Crippen LogP contribution < -0.4 is 11.1 Å². The Morgan fingerprint density at radius 2 is 1.60 bits per heavy atom. The fraction of sp³-hybridized carbons (Fsp3) is 0.875. The molecule has 0 spiro atoms. The summed E-state index contributed by atoms with van der Waals surface area (Å²) in [5, 5.41) is 2.99. The molecule has 2 atom stereocenters. The second-order valence-electron chi connectivity index (χ2n) is 7.73. The SMILES string of the molecule is CCCC[C@H](C(N)=O)C(C(=O)NC(C)(C)C)C(C)(C)C. The van der Waals surface area contributed by atoms with Gasteiger partial charge in [-0.2, -0.15) is 0 Å². The maximum absolute atomic E-state index is 12.6. The standard InChI is InChI=1S/C16H32N2O2/c1-8-9-10-11(13(17)19)12(15(2,3)4)14(20)18-16(5,6)7/h11-12H,8-10H2,1-7H3,(H2,17,19)(H,18,20)/t11-,12?/m0/s1. The molecule has 0 heterocycles. The van der Waals surface area contributed by atoms with E-state index in [1.165, 1.54) is 0 Å². The predicted molar refractivity (Wildman–Crippen MR) is 83.1 cm³/mol. The molecule has 0 aliphatic carbocycles. The van der Waals surface area contributed by atoms with E-state index in [0.29, 0.717) is 6.42 Å². The van der Waals surface area contributed by atoms with Crippen LogP contribution in [-0.4, -0.2) is 17.4 Å². The average molecular weight is 284 g/mol. The Morgan fingerprint density at radius 1 is 1.10 bits per heavy atom. The smallest absolute Gasteiger partial charge is 0.224 e. The summed E-state index contributed by atoms with van der Waals surface area (Å²) in [6, 6.07) is 0. The lowest BCUT2D eigenvalue weighted by atomic mass is 9.70. The highest BCUT2D eigenvalue weighted by molar-refractivity contribution is 5.87. The molecule has 20 heavy (non-hydrogen) atoms. The Morgan fingerprint density at radius 3 is 1.90 bits per heavy atom. The second-order valence-corrected chi connectivity index (χ2v) is 7.73. The van der Waals surface area contributed by atoms with Crippen molar-refractivity contribution in [2.75, 3.05) is 0 Å². The van der Waals surface area contributed by atoms with Crippen LogP contribution >= 0.6 is 0 Å². The zero-order valence-corrected chi connectivity index (χ0v) is 14.2. The number of hydrogen-bond acceptors (Lipinski definition) is 2. The number of hydrogen-bond donors (Lipinski definition) is 2. The molecule has 4 heteroatoms. The number of rotatable bonds is 6. The van der Waals surface area contributed by atoms with Crippen molar-refractivity contribution in [1.29, 1.82) is 0 Å². The molecule has 2 amide bonds. The van der Waals surface area contributed by atoms with Crippen molar-refractivity contribution in [2.45, 2.75) is 73.3 Å². The topological polar surface area (TPSA) is 72.2 Å². The van der Waals surface area contributed by atoms with Crippen LogP contribution in [0.4, 0.5) is 0 Å². The molecule has 0 aromatic carbocycles. The van der Waals surface area contributed by atoms with Gasteiger partial charge in [-0.1, -0.05) is 40.5 Å². The first-order valence-corrected chi connectivity index (χ1v) is 7.51. The number of nitrogens with two attached hydrogens (primary N) is 1. The summed E-state index contributed by atoms with van der Waals surface area (Å²) in [5.74, 6) is -1.25. The maximum atomic E-state index is 12.6. The van der Waals surface area contributed by atoms with Gasteiger partial charge in [0.1, 0.15) is 0 Å². The number of carbonyl (C=O) groups excluding carboxylic acids is 2. The van der Waals surface area contributed by atoms with Crippen molar-refractivity contribution in [3.63, 3.8) is 0 Å². The highest BCUT2D eigenvalue weighted by atomic mass is 16.2. The Labute approximate surface area is 123 Å². The number of unbranched alkanes of at least 4 members (excludes halogenated alkanes) is 1. The third-order valence-electron chi connectivity index (χ3n) is 3.35. The number of nitrogens with one attached hydrogen (secondary N) is 1. The first kappa shape index (κ1) is 18.9. The fourth-order valence-corrected chi connectivity index (χ4v) is 2.52. The van der Waals surface area contributed by atoms with E-state index in [1.54, 1.807) is 0 Å². The highest BCUT2D eigenvalue weighted by Crippen LogP contribution is 2.35. The maximum Gasteiger partial charge on any atom is 0.224 e. The van der Waals surface area contributed by atoms with E-state index in [-0.39, 0.29) is 22.8 Å². The lowest BCUT2D eigenvalue weighted by molar-refractivity contribution is -0.139. The molecule has 0 saturated carbocycles. The van der Waals surface area contributed by atoms with Crippen molar-refractivity contribution in [3.8, 4) is 0 Å². The van der Waals surface area contributed by atoms with Crippen molar-refractivity contribution in [1.82, 2.24) is 5.32 Å². The van der Waals surface area contributed by atoms with Crippen molar-refractivity contribution in [2.24, 2.45) is 23.0 Å². The number of primary amides is 1. The van der Waals surface area contributed by atoms with Crippen LogP contribution in [-0.2, 0) is 9.59 Å². The van der Waals surface area contributed by atoms with Crippen LogP contribution in [0.2, 0.25) is 0 Å². The summed E-state index contributed by atoms with van der Waals surface area (Å²) in [4.78, 5) is 24.4. The molecule has 1 unspecified atom stereocenters. The summed E-state index contributed by atoms with van der Waals surface area (Å²) in [6.45, 7) is 13.9. The first-order chi connectivity index (χ1) is 8.90. The van der Waals surface area contributed by atoms with Gasteiger partial charge in [-0.25, -0.2) is 0 Å². The fourth-order valence-electron chi connectivity index (χ4n) is 2.52. The monoisotopic (exact) mass is 284 g/mol. The van der Waals surface area contributed by atoms with Gasteiger partial charge in [-0.15, -0.1) is 0 Å². The normalized spacial score (nSPS) is 15.6. The molecule has 118 valence electrons. The van der Waals surface area contributed by atoms with Crippen molar-refractivity contribution >= 4 is 11.8 Å². The molecule has 0 rings (SSSR count). The quantitative estimate of drug-likeness (QED) is 0.787. The summed E-state index contributed by atoms with van der Waals surface area (Å²) >= 11 is 0. The van der Waals surface area contributed by atoms with Crippen molar-refractivity contribution in [3.05, 3.63) is 0 Å². The van der Waals surface area contributed by atoms with E-state index in [4.69, 9.17) is 5.73 Å². The van der Waals surface area contributed by atoms with E-state index >= 15 is 0 Å². The Balaban J connectivity index is 5.31. The van der Waals surface area contributed by atoms with Gasteiger partial charge in [0.2, 0.25) is 11.8 Å². The Bertz CT molecular complexity index is 337. The van der Waals surface area contributed by atoms with Gasteiger partial charge in [0, 0.05) is 11.5 Å². The van der Waals surface area contributed by atoms with Crippen LogP contribution in [0.15, 0.2) is 0 Å². The summed E-state index contributed by atoms with van der Waals surface area (Å²) in [6.07, 6.45) is 2.57. The van der Waals surface area contributed by atoms with Crippen molar-refractivity contribution < 1.29 is 9.59 Å². The van der Waals surface area contributed by atoms with Gasteiger partial charge in [-0.05, 0) is 32.6 Å². The van der Waals surface area contributed by atoms with Gasteiger partial charge in [0.25, 0.3) is 0 Å². The molecule has 0 aliphatic heterocycles. The molecule has 0 aromatic rings. The summed E-state index contributed by atoms with van der Waals surface area (Å²) in [5.41, 5.74) is 4.94. The third-order valence-corrected chi connectivity index (χ3v) is 3.35. The van der Waals surface area contributed by atoms with Crippen LogP contribution in [0.25, 0.3) is 0 Å². The van der Waals surface area contributed by atoms with E-state index < -0.39 is 11.8 Å². The lowest BCUT2D eigenvalue weighted by Gasteiger charge is -2.36. The van der Waals surface area contributed by atoms with E-state index in [1.807, 2.05) is 41.5 Å². The number of carbonyl (C=O) groups is 2. The zero-order chi connectivity index (χ0) is 16.1. The minimum Gasteiger partial charge on any atom is -0.369 e. The zero-order valence-electron chi connectivity index (χ0n) is 14.2. The Kier molecular flexibility index (Phi) is 6.72. The van der Waals surface area contributed by atoms with Gasteiger partial charge < -0.3 is 11.1 Å². The molecule has 0 aromatic heterocycles. The van der Waals surface area contributed by atoms with Gasteiger partial charge in [-0.3, -0.25) is 9.59 Å². The van der Waals surface area contributed by atoms with E-state index in [0.717, 1.165) is 12.8 Å². The van der Waals surface area contributed by atoms with E-state index in [9.17, 15) is 9.59 Å². The highest BCUT2D eigenvalue weighted by Gasteiger charge is 2.41. The Hall–Kier alpha value is -1.06. The molecule has 0 fully saturated rings. The molecule has 0 saturated heterocycles. The molecule has 0 aliphatic rings. The minimum absolute atomic E-state index is 0.0788.